The fourth-order valence-electron chi connectivity index (χ4n) is 2.77. The maximum atomic E-state index is 13.2. The Balaban J connectivity index is 1.77. The lowest BCUT2D eigenvalue weighted by Crippen LogP contribution is -2.32. The van der Waals surface area contributed by atoms with Crippen LogP contribution in [0.3, 0.4) is 0 Å². The van der Waals surface area contributed by atoms with E-state index in [0.29, 0.717) is 13.0 Å². The van der Waals surface area contributed by atoms with Crippen molar-refractivity contribution in [1.29, 1.82) is 0 Å². The molecule has 1 fully saturated rings. The highest BCUT2D eigenvalue weighted by molar-refractivity contribution is 7.92. The lowest BCUT2D eigenvalue weighted by Gasteiger charge is -2.17. The Hall–Kier alpha value is -2.21. The molecule has 0 radical (unpaired) electrons. The lowest BCUT2D eigenvalue weighted by molar-refractivity contribution is 0.0792. The normalized spacial score (nSPS) is 18.1. The summed E-state index contributed by atoms with van der Waals surface area (Å²) in [6.45, 7) is 0.485. The molecule has 1 heterocycles. The molecule has 3 rings (SSSR count). The Labute approximate surface area is 134 Å². The molecule has 0 saturated carbocycles. The summed E-state index contributed by atoms with van der Waals surface area (Å²) in [5, 5.41) is -0.623. The second-order valence-electron chi connectivity index (χ2n) is 5.53. The zero-order valence-corrected chi connectivity index (χ0v) is 13.2. The van der Waals surface area contributed by atoms with E-state index in [0.717, 1.165) is 0 Å². The molecule has 2 aromatic carbocycles. The molecule has 2 aromatic rings. The van der Waals surface area contributed by atoms with Crippen molar-refractivity contribution in [3.05, 3.63) is 66.0 Å². The van der Waals surface area contributed by atoms with Crippen molar-refractivity contribution < 1.29 is 17.6 Å². The molecule has 0 N–H and O–H groups in total. The molecular formula is C17H16FNO3S. The van der Waals surface area contributed by atoms with Crippen LogP contribution in [0.25, 0.3) is 0 Å². The van der Waals surface area contributed by atoms with Crippen molar-refractivity contribution >= 4 is 15.7 Å². The van der Waals surface area contributed by atoms with Crippen LogP contribution in [0.1, 0.15) is 16.8 Å². The van der Waals surface area contributed by atoms with Gasteiger partial charge in [-0.15, -0.1) is 0 Å². The summed E-state index contributed by atoms with van der Waals surface area (Å²) in [6, 6.07) is 13.7. The van der Waals surface area contributed by atoms with Gasteiger partial charge in [-0.05, 0) is 36.8 Å². The number of nitrogens with zero attached hydrogens (tertiary/aromatic N) is 1. The van der Waals surface area contributed by atoms with E-state index in [9.17, 15) is 17.6 Å². The summed E-state index contributed by atoms with van der Waals surface area (Å²) in [4.78, 5) is 14.1. The summed E-state index contributed by atoms with van der Waals surface area (Å²) >= 11 is 0. The van der Waals surface area contributed by atoms with E-state index in [1.807, 2.05) is 0 Å². The highest BCUT2D eigenvalue weighted by Gasteiger charge is 2.36. The van der Waals surface area contributed by atoms with Gasteiger partial charge in [-0.1, -0.05) is 24.3 Å². The number of sulfone groups is 1. The number of amides is 1. The molecule has 1 aliphatic heterocycles. The highest BCUT2D eigenvalue weighted by Crippen LogP contribution is 2.25. The third kappa shape index (κ3) is 3.12. The minimum absolute atomic E-state index is 0.132. The zero-order chi connectivity index (χ0) is 16.4. The number of benzene rings is 2. The van der Waals surface area contributed by atoms with Gasteiger partial charge in [0.05, 0.1) is 10.1 Å². The topological polar surface area (TPSA) is 54.5 Å². The van der Waals surface area contributed by atoms with Crippen molar-refractivity contribution in [2.45, 2.75) is 16.6 Å². The largest absolute Gasteiger partial charge is 0.337 e. The number of carbonyl (C=O) groups is 1. The Kier molecular flexibility index (Phi) is 4.17. The minimum atomic E-state index is -3.46. The van der Waals surface area contributed by atoms with E-state index in [2.05, 4.69) is 0 Å². The van der Waals surface area contributed by atoms with E-state index in [4.69, 9.17) is 0 Å². The summed E-state index contributed by atoms with van der Waals surface area (Å²) in [7, 11) is -3.46. The molecule has 6 heteroatoms. The molecule has 1 amide bonds. The van der Waals surface area contributed by atoms with Crippen LogP contribution >= 0.6 is 0 Å². The van der Waals surface area contributed by atoms with Gasteiger partial charge in [0.2, 0.25) is 0 Å². The molecule has 0 aromatic heterocycles. The first kappa shape index (κ1) is 15.7. The number of likely N-dealkylation sites (tertiary alicyclic amines) is 1. The molecule has 0 aliphatic carbocycles. The average Bonchev–Trinajstić information content (AvgIpc) is 3.06. The van der Waals surface area contributed by atoms with Gasteiger partial charge in [0.25, 0.3) is 5.91 Å². The highest BCUT2D eigenvalue weighted by atomic mass is 32.2. The van der Waals surface area contributed by atoms with Crippen LogP contribution in [-0.4, -0.2) is 37.6 Å². The van der Waals surface area contributed by atoms with Crippen molar-refractivity contribution in [3.63, 3.8) is 0 Å². The van der Waals surface area contributed by atoms with Crippen molar-refractivity contribution in [3.8, 4) is 0 Å². The maximum Gasteiger partial charge on any atom is 0.253 e. The van der Waals surface area contributed by atoms with Gasteiger partial charge in [0.15, 0.2) is 9.84 Å². The number of hydrogen-bond acceptors (Lipinski definition) is 3. The Bertz CT molecular complexity index is 821. The first-order chi connectivity index (χ1) is 11.0. The van der Waals surface area contributed by atoms with Gasteiger partial charge < -0.3 is 4.90 Å². The number of hydrogen-bond donors (Lipinski definition) is 0. The molecular weight excluding hydrogens is 317 g/mol. The third-order valence-corrected chi connectivity index (χ3v) is 6.21. The summed E-state index contributed by atoms with van der Waals surface area (Å²) in [6.07, 6.45) is 0.387. The van der Waals surface area contributed by atoms with E-state index in [1.54, 1.807) is 30.3 Å². The quantitative estimate of drug-likeness (QED) is 0.867. The SMILES string of the molecule is O=C(c1cccc(F)c1)N1CC[C@H](S(=O)(=O)c2ccccc2)C1. The van der Waals surface area contributed by atoms with Crippen molar-refractivity contribution in [2.75, 3.05) is 13.1 Å². The number of carbonyl (C=O) groups excluding carboxylic acids is 1. The number of rotatable bonds is 3. The monoisotopic (exact) mass is 333 g/mol. The van der Waals surface area contributed by atoms with Gasteiger partial charge >= 0.3 is 0 Å². The van der Waals surface area contributed by atoms with Crippen LogP contribution in [0.15, 0.2) is 59.5 Å². The van der Waals surface area contributed by atoms with Crippen LogP contribution < -0.4 is 0 Å². The average molecular weight is 333 g/mol. The van der Waals surface area contributed by atoms with Crippen LogP contribution in [0.5, 0.6) is 0 Å². The van der Waals surface area contributed by atoms with Gasteiger partial charge in [0, 0.05) is 18.7 Å². The molecule has 1 atom stereocenters. The van der Waals surface area contributed by atoms with E-state index in [-0.39, 0.29) is 22.9 Å². The van der Waals surface area contributed by atoms with Crippen molar-refractivity contribution in [1.82, 2.24) is 4.90 Å². The second kappa shape index (κ2) is 6.12. The smallest absolute Gasteiger partial charge is 0.253 e. The first-order valence-corrected chi connectivity index (χ1v) is 8.87. The van der Waals surface area contributed by atoms with Gasteiger partial charge in [0.1, 0.15) is 5.82 Å². The van der Waals surface area contributed by atoms with Gasteiger partial charge in [-0.2, -0.15) is 0 Å². The molecule has 1 aliphatic rings. The molecule has 4 nitrogen and oxygen atoms in total. The molecule has 0 spiro atoms. The van der Waals surface area contributed by atoms with Crippen LogP contribution in [0.4, 0.5) is 4.39 Å². The first-order valence-electron chi connectivity index (χ1n) is 7.32. The fraction of sp³-hybridized carbons (Fsp3) is 0.235. The Morgan fingerprint density at radius 3 is 2.52 bits per heavy atom. The van der Waals surface area contributed by atoms with Crippen LogP contribution in [0, 0.1) is 5.82 Å². The Morgan fingerprint density at radius 1 is 1.09 bits per heavy atom. The fourth-order valence-corrected chi connectivity index (χ4v) is 4.49. The predicted molar refractivity (Wildman–Crippen MR) is 84.3 cm³/mol. The van der Waals surface area contributed by atoms with E-state index >= 15 is 0 Å². The summed E-state index contributed by atoms with van der Waals surface area (Å²) in [5.74, 6) is -0.821. The van der Waals surface area contributed by atoms with Gasteiger partial charge in [-0.3, -0.25) is 4.79 Å². The van der Waals surface area contributed by atoms with E-state index in [1.165, 1.54) is 29.2 Å². The second-order valence-corrected chi connectivity index (χ2v) is 7.76. The number of halogens is 1. The van der Waals surface area contributed by atoms with E-state index < -0.39 is 20.9 Å². The van der Waals surface area contributed by atoms with Crippen molar-refractivity contribution in [2.24, 2.45) is 0 Å². The standard InChI is InChI=1S/C17H16FNO3S/c18-14-6-4-5-13(11-14)17(20)19-10-9-16(12-19)23(21,22)15-7-2-1-3-8-15/h1-8,11,16H,9-10,12H2/t16-/m0/s1. The Morgan fingerprint density at radius 2 is 1.83 bits per heavy atom. The minimum Gasteiger partial charge on any atom is -0.337 e. The molecule has 1 saturated heterocycles. The van der Waals surface area contributed by atoms with Crippen LogP contribution in [-0.2, 0) is 9.84 Å². The molecule has 0 bridgehead atoms. The van der Waals surface area contributed by atoms with Gasteiger partial charge in [-0.25, -0.2) is 12.8 Å². The molecule has 120 valence electrons. The molecule has 0 unspecified atom stereocenters. The third-order valence-electron chi connectivity index (χ3n) is 4.01. The lowest BCUT2D eigenvalue weighted by atomic mass is 10.2. The maximum absolute atomic E-state index is 13.2. The molecule has 23 heavy (non-hydrogen) atoms. The predicted octanol–water partition coefficient (Wildman–Crippen LogP) is 2.51. The summed E-state index contributed by atoms with van der Waals surface area (Å²) in [5.41, 5.74) is 0.239. The van der Waals surface area contributed by atoms with Crippen LogP contribution in [0.2, 0.25) is 0 Å². The zero-order valence-electron chi connectivity index (χ0n) is 12.4. The summed E-state index contributed by atoms with van der Waals surface area (Å²) < 4.78 is 38.4.